The van der Waals surface area contributed by atoms with Crippen LogP contribution in [0.4, 0.5) is 15.9 Å². The molecule has 5 aliphatic heterocycles. The van der Waals surface area contributed by atoms with Crippen molar-refractivity contribution >= 4 is 80.3 Å². The number of carboxylic acids is 1. The SMILES string of the molecule is C[C@@H](O)[C@@H]1NC(=O)[C@@H](N(CC2CCN(c3nnc(-c4ccc(-c5cnc(N6CCC(OC7CCCCC7)CC6)nc5)cc4)s3)CC2)C(=O)OC(C)(C)C)C[C@@H](O)CNC(=O)[C@@H]2[C@@H](O)[C@@H](C)CN2C(=O)[C@H]([C@H](O)CC(=O)[O-])NC(=O)[C@H]([C@H](O)Cc2ccc(O)c(OS(=O)(=O)[O-])c2)NC(=O)[C@@H]2C[C@@H](O)CN2C1=O.[Na+].[Na+]. The largest absolute Gasteiger partial charge is 1.00 e. The summed E-state index contributed by atoms with van der Waals surface area (Å²) in [6, 6.07) is -1.88. The fourth-order valence-corrected chi connectivity index (χ4v) is 15.6. The number of nitrogens with zero attached hydrogens (tertiary/aromatic N) is 9. The summed E-state index contributed by atoms with van der Waals surface area (Å²) >= 11 is 1.37. The number of benzene rings is 2. The maximum absolute atomic E-state index is 15.3. The van der Waals surface area contributed by atoms with Gasteiger partial charge in [0.2, 0.25) is 46.5 Å². The standard InChI is InChI=1S/C69H95N13O22S2.2Na/c1-36-33-82-57(58(36)91)62(95)70-32-43(84)27-48(60(93)73-54(37(2)83)64(96)80-35-44(85)28-47(80)59(92)74-55(61(94)75-56(65(82)97)51(88)29-53(89)90)50(87)25-39-11-16-49(86)52(26-39)104-106(99,100)101)81(68(98)103-69(3,4)5)34-38-17-21-79(22-18-38)67-77-76-63(105-67)41-14-12-40(13-15-41)42-30-71-66(72-31-42)78-23-19-46(20-24-78)102-45-9-7-6-8-10-45;;/h11-16,26,30-31,36-38,43-48,50-51,54-58,83-88,91H,6-10,17-25,27-29,32-35H2,1-5H3,(H,70,95)(H,73,93)(H,74,92)(H,75,94)(H,89,90)(H,99,100,101);;/q;2*+1/p-2/t36-,37+,43+,44+,47-,48-,50+,51+,54-,55-,56-,57-,58-;;/m0../s1. The minimum atomic E-state index is -5.52. The van der Waals surface area contributed by atoms with Crippen LogP contribution in [-0.2, 0) is 59.9 Å². The van der Waals surface area contributed by atoms with Crippen LogP contribution < -0.4 is 99.5 Å². The molecule has 0 bridgehead atoms. The molecule has 4 aromatic rings. The van der Waals surface area contributed by atoms with Crippen LogP contribution in [0.15, 0.2) is 54.9 Å². The molecule has 1 aliphatic carbocycles. The second-order valence-corrected chi connectivity index (χ2v) is 31.2. The molecular weight excluding hydrogens is 1470 g/mol. The van der Waals surface area contributed by atoms with Crippen molar-refractivity contribution in [3.8, 4) is 33.2 Å². The van der Waals surface area contributed by atoms with Crippen LogP contribution in [-0.4, -0.2) is 274 Å². The molecule has 13 atom stereocenters. The van der Waals surface area contributed by atoms with E-state index in [0.717, 1.165) is 90.4 Å². The molecule has 108 heavy (non-hydrogen) atoms. The van der Waals surface area contributed by atoms with Gasteiger partial charge in [0.1, 0.15) is 46.9 Å². The average molecular weight is 1570 g/mol. The fourth-order valence-electron chi connectivity index (χ4n) is 14.4. The Labute approximate surface area is 672 Å². The van der Waals surface area contributed by atoms with Crippen molar-refractivity contribution < 1.29 is 165 Å². The molecule has 11 N–H and O–H groups in total. The van der Waals surface area contributed by atoms with E-state index >= 15 is 4.79 Å². The van der Waals surface area contributed by atoms with E-state index < -0.39 is 205 Å². The van der Waals surface area contributed by atoms with Crippen molar-refractivity contribution in [1.29, 1.82) is 0 Å². The number of aliphatic carboxylic acids is 1. The molecule has 2 aromatic heterocycles. The predicted molar refractivity (Wildman–Crippen MR) is 373 cm³/mol. The summed E-state index contributed by atoms with van der Waals surface area (Å²) in [6.07, 6.45) is -3.20. The third-order valence-electron chi connectivity index (χ3n) is 20.0. The van der Waals surface area contributed by atoms with Gasteiger partial charge in [0.05, 0.1) is 48.8 Å². The number of aliphatic hydroxyl groups excluding tert-OH is 6. The van der Waals surface area contributed by atoms with E-state index in [-0.39, 0.29) is 77.3 Å². The third-order valence-corrected chi connectivity index (χ3v) is 21.4. The van der Waals surface area contributed by atoms with Crippen LogP contribution in [0.2, 0.25) is 0 Å². The quantitative estimate of drug-likeness (QED) is 0.0250. The maximum atomic E-state index is 15.3. The number of amides is 7. The number of β-amino-alcohol motifs (C(OH)–C–C–N with tert-alkyl or cyclic N) is 1. The number of aliphatic hydroxyl groups is 6. The van der Waals surface area contributed by atoms with Gasteiger partial charge in [0.15, 0.2) is 11.5 Å². The monoisotopic (exact) mass is 1570 g/mol. The Morgan fingerprint density at radius 1 is 0.722 bits per heavy atom. The Bertz CT molecular complexity index is 3900. The van der Waals surface area contributed by atoms with Crippen molar-refractivity contribution in [2.24, 2.45) is 11.8 Å². The topological polar surface area (TPSA) is 502 Å². The first-order chi connectivity index (χ1) is 50.2. The zero-order valence-corrected chi connectivity index (χ0v) is 67.0. The number of aromatic hydroxyl groups is 1. The van der Waals surface area contributed by atoms with E-state index in [1.807, 2.05) is 41.6 Å². The van der Waals surface area contributed by atoms with Crippen LogP contribution in [0.1, 0.15) is 117 Å². The predicted octanol–water partition coefficient (Wildman–Crippen LogP) is -7.66. The first kappa shape index (κ1) is 87.1. The summed E-state index contributed by atoms with van der Waals surface area (Å²) in [7, 11) is -5.52. The number of ether oxygens (including phenoxy) is 2. The molecule has 6 aliphatic rings. The molecule has 7 amide bonds. The number of carbonyl (C=O) groups is 8. The molecule has 39 heteroatoms. The van der Waals surface area contributed by atoms with Gasteiger partial charge in [-0.3, -0.25) is 33.7 Å². The van der Waals surface area contributed by atoms with Crippen LogP contribution in [0, 0.1) is 11.8 Å². The number of anilines is 2. The summed E-state index contributed by atoms with van der Waals surface area (Å²) in [5, 5.41) is 111. The van der Waals surface area contributed by atoms with Gasteiger partial charge in [-0.25, -0.2) is 23.2 Å². The van der Waals surface area contributed by atoms with E-state index in [2.05, 4.69) is 40.5 Å². The molecule has 35 nitrogen and oxygen atoms in total. The van der Waals surface area contributed by atoms with Gasteiger partial charge in [-0.2, -0.15) is 0 Å². The van der Waals surface area contributed by atoms with Crippen molar-refractivity contribution in [2.45, 2.75) is 209 Å². The first-order valence-electron chi connectivity index (χ1n) is 35.6. The average Bonchev–Trinajstić information content (AvgIpc) is 1.61. The number of carboxylic acid groups (broad SMARTS) is 1. The number of carbonyl (C=O) groups excluding carboxylic acids is 8. The van der Waals surface area contributed by atoms with Gasteiger partial charge >= 0.3 is 65.2 Å². The molecule has 10 rings (SSSR count). The number of nitrogens with one attached hydrogen (secondary N) is 4. The van der Waals surface area contributed by atoms with Gasteiger partial charge in [-0.1, -0.05) is 67.9 Å². The Kier molecular flexibility index (Phi) is 30.7. The Balaban J connectivity index is 0.00000735. The van der Waals surface area contributed by atoms with Crippen molar-refractivity contribution in [2.75, 3.05) is 62.2 Å². The van der Waals surface area contributed by atoms with E-state index in [1.54, 1.807) is 20.8 Å². The molecule has 2 aromatic carbocycles. The molecule has 580 valence electrons. The number of piperidine rings is 2. The van der Waals surface area contributed by atoms with Crippen LogP contribution in [0.5, 0.6) is 11.5 Å². The van der Waals surface area contributed by atoms with Crippen LogP contribution in [0.3, 0.4) is 0 Å². The van der Waals surface area contributed by atoms with E-state index in [1.165, 1.54) is 37.5 Å². The Morgan fingerprint density at radius 2 is 1.33 bits per heavy atom. The number of hydrogen-bond donors (Lipinski definition) is 11. The van der Waals surface area contributed by atoms with E-state index in [4.69, 9.17) is 19.4 Å². The van der Waals surface area contributed by atoms with E-state index in [0.29, 0.717) is 53.0 Å². The number of phenols is 1. The number of hydrogen-bond acceptors (Lipinski definition) is 29. The fraction of sp³-hybridized carbons (Fsp3) is 0.623. The second kappa shape index (κ2) is 38.1. The van der Waals surface area contributed by atoms with Crippen molar-refractivity contribution in [1.82, 2.24) is 56.1 Å². The smallest absolute Gasteiger partial charge is 0.716 e. The molecule has 6 fully saturated rings. The number of fused-ring (bicyclic) bond motifs is 2. The maximum Gasteiger partial charge on any atom is 1.00 e. The van der Waals surface area contributed by atoms with Crippen molar-refractivity contribution in [3.63, 3.8) is 0 Å². The van der Waals surface area contributed by atoms with E-state index in [9.17, 15) is 87.4 Å². The molecule has 0 radical (unpaired) electrons. The number of phenolic OH excluding ortho intramolecular Hbond substituents is 1. The van der Waals surface area contributed by atoms with Gasteiger partial charge in [-0.15, -0.1) is 10.2 Å². The summed E-state index contributed by atoms with van der Waals surface area (Å²) in [5.74, 6) is -12.3. The van der Waals surface area contributed by atoms with Crippen LogP contribution in [0.25, 0.3) is 21.7 Å². The van der Waals surface area contributed by atoms with Crippen LogP contribution >= 0.6 is 11.3 Å². The Hall–Kier alpha value is -6.53. The minimum Gasteiger partial charge on any atom is -0.716 e. The minimum absolute atomic E-state index is 0. The summed E-state index contributed by atoms with van der Waals surface area (Å²) in [5.41, 5.74) is 1.18. The molecule has 1 saturated carbocycles. The number of aromatic nitrogens is 4. The summed E-state index contributed by atoms with van der Waals surface area (Å²) in [4.78, 5) is 132. The second-order valence-electron chi connectivity index (χ2n) is 29.2. The summed E-state index contributed by atoms with van der Waals surface area (Å²) in [6.45, 7) is 7.50. The van der Waals surface area contributed by atoms with Gasteiger partial charge in [-0.05, 0) is 95.4 Å². The molecule has 0 unspecified atom stereocenters. The van der Waals surface area contributed by atoms with Gasteiger partial charge in [0, 0.05) is 113 Å². The summed E-state index contributed by atoms with van der Waals surface area (Å²) < 4.78 is 51.2. The van der Waals surface area contributed by atoms with Gasteiger partial charge in [0.25, 0.3) is 10.4 Å². The molecule has 5 saturated heterocycles. The number of rotatable bonds is 18. The van der Waals surface area contributed by atoms with Crippen molar-refractivity contribution in [3.05, 3.63) is 60.4 Å². The Morgan fingerprint density at radius 3 is 1.96 bits per heavy atom. The molecular formula is C69H93N13Na2O22S2. The molecule has 7 heterocycles. The zero-order valence-electron chi connectivity index (χ0n) is 61.4. The molecule has 0 spiro atoms. The zero-order chi connectivity index (χ0) is 76.6. The van der Waals surface area contributed by atoms with Gasteiger partial charge < -0.3 is 105 Å². The first-order valence-corrected chi connectivity index (χ1v) is 37.8. The third kappa shape index (κ3) is 22.6. The normalized spacial score (nSPS) is 26.0.